The highest BCUT2D eigenvalue weighted by Crippen LogP contribution is 2.71. The van der Waals surface area contributed by atoms with E-state index in [1.807, 2.05) is 0 Å². The lowest BCUT2D eigenvalue weighted by atomic mass is 10.6. The van der Waals surface area contributed by atoms with Crippen molar-refractivity contribution in [1.29, 1.82) is 0 Å². The maximum atomic E-state index is 11.9. The summed E-state index contributed by atoms with van der Waals surface area (Å²) in [6.45, 7) is 3.21. The van der Waals surface area contributed by atoms with Gasteiger partial charge in [-0.2, -0.15) is 4.31 Å². The van der Waals surface area contributed by atoms with E-state index in [4.69, 9.17) is 13.8 Å². The van der Waals surface area contributed by atoms with Crippen molar-refractivity contribution in [3.8, 4) is 0 Å². The number of phosphoric acid groups is 1. The van der Waals surface area contributed by atoms with Crippen molar-refractivity contribution in [1.82, 2.24) is 0 Å². The molecule has 0 aliphatic carbocycles. The summed E-state index contributed by atoms with van der Waals surface area (Å²) >= 11 is 1.64. The largest absolute Gasteiger partial charge is 0.477 e. The molecule has 10 heteroatoms. The molecule has 0 aromatic heterocycles. The third kappa shape index (κ3) is 9.07. The molecule has 0 aliphatic heterocycles. The lowest BCUT2D eigenvalue weighted by molar-refractivity contribution is 0.275. The van der Waals surface area contributed by atoms with Crippen LogP contribution < -0.4 is 0 Å². The van der Waals surface area contributed by atoms with Gasteiger partial charge in [0, 0.05) is 22.5 Å². The molecule has 0 rings (SSSR count). The Kier molecular flexibility index (Phi) is 7.23. The van der Waals surface area contributed by atoms with Crippen molar-refractivity contribution in [3.63, 3.8) is 0 Å². The van der Waals surface area contributed by atoms with Gasteiger partial charge in [-0.25, -0.2) is 13.1 Å². The van der Waals surface area contributed by atoms with Crippen LogP contribution in [0.2, 0.25) is 0 Å². The summed E-state index contributed by atoms with van der Waals surface area (Å²) in [5.41, 5.74) is 0. The van der Waals surface area contributed by atoms with Gasteiger partial charge in [-0.15, -0.1) is 0 Å². The van der Waals surface area contributed by atoms with Gasteiger partial charge in [0.2, 0.25) is 0 Å². The average Bonchev–Trinajstić information content (AvgIpc) is 1.95. The molecule has 0 spiro atoms. The zero-order valence-electron chi connectivity index (χ0n) is 9.39. The standard InChI is InChI=1S/C6H16O6P2S2/c1-5(2)15-12-14(10,16-6(3)4)11-13(7,8)9/h5-6H,1-4H3,(H2,7,8,9). The van der Waals surface area contributed by atoms with E-state index < -0.39 is 14.6 Å². The monoisotopic (exact) mass is 310 g/mol. The first-order chi connectivity index (χ1) is 7.04. The topological polar surface area (TPSA) is 93.1 Å². The fraction of sp³-hybridized carbons (Fsp3) is 1.00. The van der Waals surface area contributed by atoms with Crippen molar-refractivity contribution >= 4 is 38.0 Å². The van der Waals surface area contributed by atoms with E-state index in [1.165, 1.54) is 0 Å². The van der Waals surface area contributed by atoms with Gasteiger partial charge in [-0.3, -0.25) is 0 Å². The Morgan fingerprint density at radius 2 is 1.56 bits per heavy atom. The molecule has 2 N–H and O–H groups in total. The summed E-state index contributed by atoms with van der Waals surface area (Å²) in [7, 11) is -4.83. The van der Waals surface area contributed by atoms with Gasteiger partial charge in [0.1, 0.15) is 0 Å². The van der Waals surface area contributed by atoms with Crippen molar-refractivity contribution in [3.05, 3.63) is 0 Å². The van der Waals surface area contributed by atoms with Crippen LogP contribution in [0.15, 0.2) is 0 Å². The van der Waals surface area contributed by atoms with Gasteiger partial charge in [-0.1, -0.05) is 27.7 Å². The van der Waals surface area contributed by atoms with Crippen LogP contribution in [-0.2, 0) is 17.4 Å². The first kappa shape index (κ1) is 17.0. The van der Waals surface area contributed by atoms with Crippen LogP contribution in [0.4, 0.5) is 0 Å². The molecule has 1 unspecified atom stereocenters. The Labute approximate surface area is 104 Å². The molecular weight excluding hydrogens is 294 g/mol. The van der Waals surface area contributed by atoms with Crippen LogP contribution in [-0.4, -0.2) is 20.3 Å². The van der Waals surface area contributed by atoms with Crippen LogP contribution in [0, 0.1) is 0 Å². The Balaban J connectivity index is 4.62. The highest BCUT2D eigenvalue weighted by Gasteiger charge is 2.36. The minimum absolute atomic E-state index is 0.0152. The molecule has 16 heavy (non-hydrogen) atoms. The highest BCUT2D eigenvalue weighted by molar-refractivity contribution is 8.56. The van der Waals surface area contributed by atoms with Crippen LogP contribution in [0.5, 0.6) is 0 Å². The second-order valence-electron chi connectivity index (χ2n) is 3.39. The quantitative estimate of drug-likeness (QED) is 0.546. The number of hydrogen-bond donors (Lipinski definition) is 2. The van der Waals surface area contributed by atoms with Crippen molar-refractivity contribution in [2.75, 3.05) is 0 Å². The summed E-state index contributed by atoms with van der Waals surface area (Å²) < 4.78 is 31.7. The minimum atomic E-state index is -4.83. The third-order valence-corrected chi connectivity index (χ3v) is 7.85. The molecule has 0 fully saturated rings. The molecule has 0 aromatic rings. The van der Waals surface area contributed by atoms with E-state index in [0.29, 0.717) is 0 Å². The smallest absolute Gasteiger partial charge is 0.302 e. The summed E-state index contributed by atoms with van der Waals surface area (Å²) in [4.78, 5) is 17.3. The van der Waals surface area contributed by atoms with Gasteiger partial charge >= 0.3 is 14.6 Å². The fourth-order valence-electron chi connectivity index (χ4n) is 0.578. The predicted molar refractivity (Wildman–Crippen MR) is 67.3 cm³/mol. The second kappa shape index (κ2) is 6.81. The normalized spacial score (nSPS) is 16.8. The molecule has 98 valence electrons. The molecule has 0 heterocycles. The van der Waals surface area contributed by atoms with Gasteiger partial charge in [0.05, 0.1) is 0 Å². The van der Waals surface area contributed by atoms with Gasteiger partial charge in [0.25, 0.3) is 0 Å². The molecule has 0 radical (unpaired) electrons. The zero-order chi connectivity index (χ0) is 13.0. The summed E-state index contributed by atoms with van der Waals surface area (Å²) in [5, 5.41) is -0.119. The van der Waals surface area contributed by atoms with Crippen molar-refractivity contribution in [2.45, 2.75) is 38.2 Å². The molecular formula is C6H16O6P2S2. The van der Waals surface area contributed by atoms with Crippen LogP contribution in [0.25, 0.3) is 0 Å². The van der Waals surface area contributed by atoms with E-state index in [1.54, 1.807) is 27.7 Å². The second-order valence-corrected chi connectivity index (χ2v) is 10.8. The summed E-state index contributed by atoms with van der Waals surface area (Å²) in [6.07, 6.45) is 0. The Hall–Kier alpha value is 1.000. The van der Waals surface area contributed by atoms with Gasteiger partial charge in [-0.05, 0) is 11.4 Å². The first-order valence-electron chi connectivity index (χ1n) is 4.44. The Morgan fingerprint density at radius 1 is 1.06 bits per heavy atom. The lowest BCUT2D eigenvalue weighted by Crippen LogP contribution is -1.95. The number of hydrogen-bond acceptors (Lipinski definition) is 6. The van der Waals surface area contributed by atoms with Crippen LogP contribution in [0.1, 0.15) is 27.7 Å². The molecule has 0 bridgehead atoms. The van der Waals surface area contributed by atoms with Crippen molar-refractivity contribution < 1.29 is 27.2 Å². The summed E-state index contributed by atoms with van der Waals surface area (Å²) in [6, 6.07) is 0. The minimum Gasteiger partial charge on any atom is -0.302 e. The molecule has 1 atom stereocenters. The van der Waals surface area contributed by atoms with Crippen LogP contribution in [0.3, 0.4) is 0 Å². The Morgan fingerprint density at radius 3 is 1.88 bits per heavy atom. The number of rotatable bonds is 7. The predicted octanol–water partition coefficient (Wildman–Crippen LogP) is 3.42. The van der Waals surface area contributed by atoms with E-state index in [-0.39, 0.29) is 10.5 Å². The molecule has 0 amide bonds. The van der Waals surface area contributed by atoms with E-state index in [9.17, 15) is 9.13 Å². The maximum absolute atomic E-state index is 11.9. The molecule has 0 aromatic carbocycles. The average molecular weight is 310 g/mol. The van der Waals surface area contributed by atoms with E-state index in [0.717, 1.165) is 23.4 Å². The van der Waals surface area contributed by atoms with Gasteiger partial charge in [0.15, 0.2) is 0 Å². The first-order valence-corrected chi connectivity index (χ1v) is 9.81. The summed E-state index contributed by atoms with van der Waals surface area (Å²) in [5.74, 6) is 0. The van der Waals surface area contributed by atoms with Crippen molar-refractivity contribution in [2.24, 2.45) is 0 Å². The maximum Gasteiger partial charge on any atom is 0.477 e. The fourth-order valence-corrected chi connectivity index (χ4v) is 7.20. The lowest BCUT2D eigenvalue weighted by Gasteiger charge is -2.19. The Bertz CT molecular complexity index is 301. The van der Waals surface area contributed by atoms with Crippen LogP contribution >= 0.6 is 38.0 Å². The van der Waals surface area contributed by atoms with E-state index in [2.05, 4.69) is 4.31 Å². The third-order valence-electron chi connectivity index (χ3n) is 0.873. The molecule has 0 aliphatic rings. The molecule has 6 nitrogen and oxygen atoms in total. The zero-order valence-corrected chi connectivity index (χ0v) is 12.8. The van der Waals surface area contributed by atoms with Gasteiger partial charge < -0.3 is 9.79 Å². The van der Waals surface area contributed by atoms with E-state index >= 15 is 0 Å². The molecule has 0 saturated carbocycles. The molecule has 0 saturated heterocycles. The highest BCUT2D eigenvalue weighted by atomic mass is 32.7. The SMILES string of the molecule is CC(C)SOP(=O)(OP(=O)(O)O)SC(C)C.